The van der Waals surface area contributed by atoms with Crippen molar-refractivity contribution in [3.05, 3.63) is 37.0 Å². The summed E-state index contributed by atoms with van der Waals surface area (Å²) >= 11 is 0. The van der Waals surface area contributed by atoms with Crippen molar-refractivity contribution in [2.24, 2.45) is 5.92 Å². The molecule has 1 aliphatic carbocycles. The molecule has 3 N–H and O–H groups in total. The Morgan fingerprint density at radius 1 is 1.47 bits per heavy atom. The number of aliphatic hydroxyl groups excluding tert-OH is 2. The first kappa shape index (κ1) is 12.0. The summed E-state index contributed by atoms with van der Waals surface area (Å²) in [6.07, 6.45) is 1.66. The molecule has 5 nitrogen and oxygen atoms in total. The van der Waals surface area contributed by atoms with E-state index in [1.54, 1.807) is 18.3 Å². The van der Waals surface area contributed by atoms with Crippen LogP contribution in [0.4, 0.5) is 0 Å². The Morgan fingerprint density at radius 2 is 2.24 bits per heavy atom. The number of aromatic nitrogens is 1. The van der Waals surface area contributed by atoms with E-state index in [9.17, 15) is 15.0 Å². The number of carbonyl (C=O) groups excluding carboxylic acids is 1. The minimum atomic E-state index is -0.960. The highest BCUT2D eigenvalue weighted by Gasteiger charge is 2.39. The van der Waals surface area contributed by atoms with Gasteiger partial charge in [0.1, 0.15) is 6.10 Å². The van der Waals surface area contributed by atoms with Gasteiger partial charge in [0.05, 0.1) is 17.7 Å². The third-order valence-electron chi connectivity index (χ3n) is 3.04. The molecule has 0 aliphatic heterocycles. The second-order valence-corrected chi connectivity index (χ2v) is 4.30. The number of pyridine rings is 1. The van der Waals surface area contributed by atoms with Crippen LogP contribution in [0.2, 0.25) is 0 Å². The number of amides is 1. The molecule has 1 radical (unpaired) electrons. The molecule has 0 aromatic carbocycles. The first-order valence-corrected chi connectivity index (χ1v) is 5.49. The quantitative estimate of drug-likeness (QED) is 0.660. The topological polar surface area (TPSA) is 82.5 Å². The molecule has 1 aromatic rings. The van der Waals surface area contributed by atoms with E-state index in [1.807, 2.05) is 0 Å². The Hall–Kier alpha value is -1.46. The minimum absolute atomic E-state index is 0.260. The Balaban J connectivity index is 2.01. The molecule has 1 amide bonds. The van der Waals surface area contributed by atoms with Crippen LogP contribution >= 0.6 is 0 Å². The number of aliphatic hydroxyl groups is 2. The maximum absolute atomic E-state index is 11.8. The van der Waals surface area contributed by atoms with Crippen LogP contribution in [0.1, 0.15) is 16.8 Å². The first-order chi connectivity index (χ1) is 8.09. The summed E-state index contributed by atoms with van der Waals surface area (Å²) in [5.74, 6) is -0.562. The zero-order valence-electron chi connectivity index (χ0n) is 9.28. The predicted molar refractivity (Wildman–Crippen MR) is 61.0 cm³/mol. The normalized spacial score (nSPS) is 32.4. The average molecular weight is 235 g/mol. The molecule has 1 fully saturated rings. The van der Waals surface area contributed by atoms with Gasteiger partial charge in [-0.25, -0.2) is 0 Å². The Labute approximate surface area is 99.5 Å². The van der Waals surface area contributed by atoms with Crippen LogP contribution in [0, 0.1) is 12.8 Å². The van der Waals surface area contributed by atoms with Crippen molar-refractivity contribution in [3.63, 3.8) is 0 Å². The van der Waals surface area contributed by atoms with Crippen LogP contribution in [0.25, 0.3) is 0 Å². The summed E-state index contributed by atoms with van der Waals surface area (Å²) in [5.41, 5.74) is 0.432. The van der Waals surface area contributed by atoms with Crippen molar-refractivity contribution in [1.29, 1.82) is 0 Å². The van der Waals surface area contributed by atoms with Gasteiger partial charge in [-0.15, -0.1) is 0 Å². The zero-order chi connectivity index (χ0) is 12.4. The molecule has 91 valence electrons. The lowest BCUT2D eigenvalue weighted by Crippen LogP contribution is -2.43. The molecule has 4 atom stereocenters. The molecule has 0 saturated heterocycles. The van der Waals surface area contributed by atoms with E-state index < -0.39 is 18.2 Å². The van der Waals surface area contributed by atoms with Crippen molar-refractivity contribution < 1.29 is 15.0 Å². The summed E-state index contributed by atoms with van der Waals surface area (Å²) in [7, 11) is 0. The molecule has 17 heavy (non-hydrogen) atoms. The van der Waals surface area contributed by atoms with Crippen LogP contribution < -0.4 is 5.32 Å². The van der Waals surface area contributed by atoms with Crippen LogP contribution in [0.3, 0.4) is 0 Å². The summed E-state index contributed by atoms with van der Waals surface area (Å²) in [5, 5.41) is 21.9. The van der Waals surface area contributed by atoms with Gasteiger partial charge in [-0.2, -0.15) is 0 Å². The molecule has 0 unspecified atom stereocenters. The fourth-order valence-corrected chi connectivity index (χ4v) is 2.01. The molecule has 1 aromatic heterocycles. The molecular formula is C12H15N2O3. The van der Waals surface area contributed by atoms with Crippen molar-refractivity contribution in [2.45, 2.75) is 24.7 Å². The summed E-state index contributed by atoms with van der Waals surface area (Å²) < 4.78 is 0. The molecule has 5 heteroatoms. The molecule has 0 bridgehead atoms. The first-order valence-electron chi connectivity index (χ1n) is 5.49. The highest BCUT2D eigenvalue weighted by atomic mass is 16.3. The average Bonchev–Trinajstić information content (AvgIpc) is 2.58. The van der Waals surface area contributed by atoms with Gasteiger partial charge in [0.2, 0.25) is 0 Å². The highest BCUT2D eigenvalue weighted by molar-refractivity contribution is 5.94. The summed E-state index contributed by atoms with van der Waals surface area (Å²) in [6.45, 7) is 3.73. The van der Waals surface area contributed by atoms with Crippen LogP contribution in [0.15, 0.2) is 24.5 Å². The Bertz CT molecular complexity index is 396. The maximum Gasteiger partial charge on any atom is 0.253 e. The predicted octanol–water partition coefficient (Wildman–Crippen LogP) is -0.244. The number of hydrogen-bond acceptors (Lipinski definition) is 4. The van der Waals surface area contributed by atoms with Gasteiger partial charge in [-0.3, -0.25) is 9.78 Å². The number of carbonyl (C=O) groups is 1. The second kappa shape index (κ2) is 4.81. The monoisotopic (exact) mass is 235 g/mol. The largest absolute Gasteiger partial charge is 0.390 e. The van der Waals surface area contributed by atoms with Crippen LogP contribution in [0.5, 0.6) is 0 Å². The van der Waals surface area contributed by atoms with Gasteiger partial charge >= 0.3 is 0 Å². The van der Waals surface area contributed by atoms with E-state index in [4.69, 9.17) is 0 Å². The minimum Gasteiger partial charge on any atom is -0.390 e. The van der Waals surface area contributed by atoms with E-state index in [1.165, 1.54) is 6.20 Å². The summed E-state index contributed by atoms with van der Waals surface area (Å²) in [4.78, 5) is 15.6. The maximum atomic E-state index is 11.8. The lowest BCUT2D eigenvalue weighted by Gasteiger charge is -2.17. The highest BCUT2D eigenvalue weighted by Crippen LogP contribution is 2.25. The zero-order valence-corrected chi connectivity index (χ0v) is 9.28. The van der Waals surface area contributed by atoms with Crippen molar-refractivity contribution in [3.8, 4) is 0 Å². The van der Waals surface area contributed by atoms with E-state index >= 15 is 0 Å². The van der Waals surface area contributed by atoms with Gasteiger partial charge in [0.25, 0.3) is 5.91 Å². The number of hydrogen-bond donors (Lipinski definition) is 3. The smallest absolute Gasteiger partial charge is 0.253 e. The van der Waals surface area contributed by atoms with Gasteiger partial charge in [0.15, 0.2) is 0 Å². The second-order valence-electron chi connectivity index (χ2n) is 4.30. The molecular weight excluding hydrogens is 220 g/mol. The van der Waals surface area contributed by atoms with Crippen LogP contribution in [-0.2, 0) is 0 Å². The number of nitrogens with one attached hydrogen (secondary N) is 1. The van der Waals surface area contributed by atoms with E-state index in [-0.39, 0.29) is 11.8 Å². The van der Waals surface area contributed by atoms with E-state index in [0.717, 1.165) is 0 Å². The Kier molecular flexibility index (Phi) is 3.40. The van der Waals surface area contributed by atoms with Crippen molar-refractivity contribution in [1.82, 2.24) is 10.3 Å². The fraction of sp³-hybridized carbons (Fsp3) is 0.417. The lowest BCUT2D eigenvalue weighted by molar-refractivity contribution is 0.0184. The van der Waals surface area contributed by atoms with Gasteiger partial charge in [0, 0.05) is 12.4 Å². The lowest BCUT2D eigenvalue weighted by atomic mass is 10.1. The van der Waals surface area contributed by atoms with Crippen molar-refractivity contribution >= 4 is 5.91 Å². The third kappa shape index (κ3) is 2.45. The third-order valence-corrected chi connectivity index (χ3v) is 3.04. The van der Waals surface area contributed by atoms with Gasteiger partial charge < -0.3 is 15.5 Å². The standard InChI is InChI=1S/C12H15N2O3/c1-7-5-9(11(16)10(7)15)14-12(17)8-3-2-4-13-6-8/h2-4,6-7,9-11,15-16H,1,5H2,(H,14,17)/t7-,9-,10-,11+/m1/s1. The molecule has 2 rings (SSSR count). The molecule has 0 spiro atoms. The van der Waals surface area contributed by atoms with E-state index in [2.05, 4.69) is 17.2 Å². The molecule has 1 saturated carbocycles. The molecule has 1 aliphatic rings. The Morgan fingerprint density at radius 3 is 2.76 bits per heavy atom. The van der Waals surface area contributed by atoms with Crippen molar-refractivity contribution in [2.75, 3.05) is 0 Å². The fourth-order valence-electron chi connectivity index (χ4n) is 2.01. The number of rotatable bonds is 2. The van der Waals surface area contributed by atoms with Crippen LogP contribution in [-0.4, -0.2) is 39.4 Å². The SMILES string of the molecule is [CH2][C@@H]1C[C@@H](NC(=O)c2cccnc2)[C@H](O)[C@@H]1O. The van der Waals surface area contributed by atoms with Gasteiger partial charge in [-0.05, 0) is 31.4 Å². The summed E-state index contributed by atoms with van der Waals surface area (Å²) in [6, 6.07) is 2.85. The van der Waals surface area contributed by atoms with Gasteiger partial charge in [-0.1, -0.05) is 0 Å². The molecule has 1 heterocycles. The number of nitrogens with zero attached hydrogens (tertiary/aromatic N) is 1. The van der Waals surface area contributed by atoms with E-state index in [0.29, 0.717) is 12.0 Å².